The number of fused-ring (bicyclic) bond motifs is 3. The molecule has 1 heterocycles. The fourth-order valence-electron chi connectivity index (χ4n) is 2.78. The Labute approximate surface area is 101 Å². The van der Waals surface area contributed by atoms with E-state index in [-0.39, 0.29) is 0 Å². The third kappa shape index (κ3) is 1.24. The molecular weight excluding hydrogens is 218 g/mol. The van der Waals surface area contributed by atoms with E-state index in [1.807, 2.05) is 12.1 Å². The van der Waals surface area contributed by atoms with Crippen LogP contribution in [-0.2, 0) is 0 Å². The Morgan fingerprint density at radius 3 is 2.81 bits per heavy atom. The maximum atomic E-state index is 6.23. The predicted molar refractivity (Wildman–Crippen MR) is 70.6 cm³/mol. The summed E-state index contributed by atoms with van der Waals surface area (Å²) in [5.74, 6) is 0.585. The molecule has 0 saturated heterocycles. The third-order valence-corrected chi connectivity index (χ3v) is 3.81. The highest BCUT2D eigenvalue weighted by atomic mass is 35.5. The molecule has 1 aliphatic heterocycles. The molecule has 2 aromatic carbocycles. The Bertz CT molecular complexity index is 562. The summed E-state index contributed by atoms with van der Waals surface area (Å²) in [6.07, 6.45) is 0. The number of anilines is 1. The first-order chi connectivity index (χ1) is 7.68. The molecule has 2 heteroatoms. The largest absolute Gasteiger partial charge is 0.374 e. The monoisotopic (exact) mass is 231 g/mol. The lowest BCUT2D eigenvalue weighted by Crippen LogP contribution is -2.13. The molecule has 0 saturated carbocycles. The van der Waals surface area contributed by atoms with Crippen LogP contribution in [0, 0.1) is 0 Å². The van der Waals surface area contributed by atoms with Crippen molar-refractivity contribution < 1.29 is 0 Å². The summed E-state index contributed by atoms with van der Waals surface area (Å²) in [4.78, 5) is 2.32. The van der Waals surface area contributed by atoms with Crippen molar-refractivity contribution in [1.82, 2.24) is 0 Å². The van der Waals surface area contributed by atoms with E-state index in [2.05, 4.69) is 37.1 Å². The van der Waals surface area contributed by atoms with Crippen molar-refractivity contribution >= 4 is 28.1 Å². The Hall–Kier alpha value is -1.21. The van der Waals surface area contributed by atoms with Gasteiger partial charge in [-0.25, -0.2) is 0 Å². The molecule has 3 rings (SSSR count). The average Bonchev–Trinajstić information content (AvgIpc) is 2.55. The lowest BCUT2D eigenvalue weighted by molar-refractivity contribution is 0.800. The number of hydrogen-bond acceptors (Lipinski definition) is 1. The molecule has 82 valence electrons. The number of rotatable bonds is 0. The van der Waals surface area contributed by atoms with Crippen LogP contribution in [0.4, 0.5) is 5.69 Å². The van der Waals surface area contributed by atoms with Gasteiger partial charge in [0.25, 0.3) is 0 Å². The van der Waals surface area contributed by atoms with Crippen LogP contribution < -0.4 is 4.90 Å². The van der Waals surface area contributed by atoms with Crippen LogP contribution in [0.3, 0.4) is 0 Å². The molecule has 0 aromatic heterocycles. The quantitative estimate of drug-likeness (QED) is 0.661. The van der Waals surface area contributed by atoms with Gasteiger partial charge in [-0.3, -0.25) is 0 Å². The van der Waals surface area contributed by atoms with Gasteiger partial charge in [0.2, 0.25) is 0 Å². The van der Waals surface area contributed by atoms with Crippen LogP contribution in [-0.4, -0.2) is 13.6 Å². The molecule has 0 amide bonds. The van der Waals surface area contributed by atoms with Gasteiger partial charge in [-0.1, -0.05) is 36.7 Å². The van der Waals surface area contributed by atoms with Crippen molar-refractivity contribution in [1.29, 1.82) is 0 Å². The van der Waals surface area contributed by atoms with Gasteiger partial charge in [0, 0.05) is 35.6 Å². The van der Waals surface area contributed by atoms with Crippen molar-refractivity contribution in [2.75, 3.05) is 18.5 Å². The van der Waals surface area contributed by atoms with E-state index in [9.17, 15) is 0 Å². The van der Waals surface area contributed by atoms with Crippen LogP contribution >= 0.6 is 11.6 Å². The SMILES string of the molecule is CC1CN(C)c2ccc3c(Cl)cccc3c21. The van der Waals surface area contributed by atoms with Crippen molar-refractivity contribution in [3.05, 3.63) is 40.9 Å². The summed E-state index contributed by atoms with van der Waals surface area (Å²) in [5, 5.41) is 3.33. The van der Waals surface area contributed by atoms with Gasteiger partial charge in [0.15, 0.2) is 0 Å². The second-order valence-corrected chi connectivity index (χ2v) is 5.02. The highest BCUT2D eigenvalue weighted by Gasteiger charge is 2.24. The van der Waals surface area contributed by atoms with Crippen molar-refractivity contribution in [2.24, 2.45) is 0 Å². The van der Waals surface area contributed by atoms with Crippen LogP contribution in [0.2, 0.25) is 5.02 Å². The second-order valence-electron chi connectivity index (χ2n) is 4.61. The maximum absolute atomic E-state index is 6.23. The summed E-state index contributed by atoms with van der Waals surface area (Å²) >= 11 is 6.23. The third-order valence-electron chi connectivity index (χ3n) is 3.48. The molecule has 1 unspecified atom stereocenters. The molecule has 0 aliphatic carbocycles. The highest BCUT2D eigenvalue weighted by Crippen LogP contribution is 2.41. The standard InChI is InChI=1S/C14H14ClN/c1-9-8-16(2)13-7-6-10-11(14(9)13)4-3-5-12(10)15/h3-7,9H,8H2,1-2H3. The molecular formula is C14H14ClN. The van der Waals surface area contributed by atoms with Crippen molar-refractivity contribution in [2.45, 2.75) is 12.8 Å². The van der Waals surface area contributed by atoms with Gasteiger partial charge >= 0.3 is 0 Å². The van der Waals surface area contributed by atoms with Gasteiger partial charge in [0.05, 0.1) is 0 Å². The Morgan fingerprint density at radius 2 is 2.00 bits per heavy atom. The second kappa shape index (κ2) is 3.39. The molecule has 1 aliphatic rings. The van der Waals surface area contributed by atoms with Crippen LogP contribution in [0.25, 0.3) is 10.8 Å². The fourth-order valence-corrected chi connectivity index (χ4v) is 3.02. The molecule has 1 atom stereocenters. The highest BCUT2D eigenvalue weighted by molar-refractivity contribution is 6.35. The van der Waals surface area contributed by atoms with E-state index in [1.54, 1.807) is 0 Å². The molecule has 0 bridgehead atoms. The first-order valence-electron chi connectivity index (χ1n) is 5.61. The zero-order chi connectivity index (χ0) is 11.3. The first kappa shape index (κ1) is 9.98. The van der Waals surface area contributed by atoms with Crippen LogP contribution in [0.5, 0.6) is 0 Å². The number of benzene rings is 2. The van der Waals surface area contributed by atoms with Gasteiger partial charge in [-0.2, -0.15) is 0 Å². The molecule has 0 radical (unpaired) electrons. The Balaban J connectivity index is 2.41. The fraction of sp³-hybridized carbons (Fsp3) is 0.286. The van der Waals surface area contributed by atoms with Crippen molar-refractivity contribution in [3.8, 4) is 0 Å². The molecule has 2 aromatic rings. The van der Waals surface area contributed by atoms with E-state index in [4.69, 9.17) is 11.6 Å². The normalized spacial score (nSPS) is 19.2. The molecule has 0 N–H and O–H groups in total. The van der Waals surface area contributed by atoms with Gasteiger partial charge < -0.3 is 4.90 Å². The van der Waals surface area contributed by atoms with Crippen LogP contribution in [0.15, 0.2) is 30.3 Å². The van der Waals surface area contributed by atoms with E-state index < -0.39 is 0 Å². The molecule has 0 fully saturated rings. The van der Waals surface area contributed by atoms with E-state index >= 15 is 0 Å². The van der Waals surface area contributed by atoms with E-state index in [1.165, 1.54) is 22.0 Å². The predicted octanol–water partition coefficient (Wildman–Crippen LogP) is 4.05. The number of nitrogens with zero attached hydrogens (tertiary/aromatic N) is 1. The minimum Gasteiger partial charge on any atom is -0.374 e. The summed E-state index contributed by atoms with van der Waals surface area (Å²) in [6, 6.07) is 10.5. The minimum atomic E-state index is 0.585. The number of likely N-dealkylation sites (N-methyl/N-ethyl adjacent to an activating group) is 1. The minimum absolute atomic E-state index is 0.585. The maximum Gasteiger partial charge on any atom is 0.0484 e. The number of hydrogen-bond donors (Lipinski definition) is 0. The smallest absolute Gasteiger partial charge is 0.0484 e. The average molecular weight is 232 g/mol. The molecule has 1 nitrogen and oxygen atoms in total. The Kier molecular flexibility index (Phi) is 2.11. The van der Waals surface area contributed by atoms with Crippen LogP contribution in [0.1, 0.15) is 18.4 Å². The summed E-state index contributed by atoms with van der Waals surface area (Å²) < 4.78 is 0. The molecule has 0 spiro atoms. The van der Waals surface area contributed by atoms with Gasteiger partial charge in [-0.05, 0) is 23.1 Å². The van der Waals surface area contributed by atoms with E-state index in [0.29, 0.717) is 5.92 Å². The zero-order valence-corrected chi connectivity index (χ0v) is 10.3. The van der Waals surface area contributed by atoms with Gasteiger partial charge in [0.1, 0.15) is 0 Å². The summed E-state index contributed by atoms with van der Waals surface area (Å²) in [5.41, 5.74) is 2.80. The van der Waals surface area contributed by atoms with Gasteiger partial charge in [-0.15, -0.1) is 0 Å². The van der Waals surface area contributed by atoms with Crippen molar-refractivity contribution in [3.63, 3.8) is 0 Å². The summed E-state index contributed by atoms with van der Waals surface area (Å²) in [7, 11) is 2.15. The topological polar surface area (TPSA) is 3.24 Å². The van der Waals surface area contributed by atoms with E-state index in [0.717, 1.165) is 11.6 Å². The summed E-state index contributed by atoms with van der Waals surface area (Å²) in [6.45, 7) is 3.38. The lowest BCUT2D eigenvalue weighted by atomic mass is 9.96. The molecule has 16 heavy (non-hydrogen) atoms. The first-order valence-corrected chi connectivity index (χ1v) is 5.98. The zero-order valence-electron chi connectivity index (χ0n) is 9.50. The lowest BCUT2D eigenvalue weighted by Gasteiger charge is -2.12. The number of halogens is 1. The Morgan fingerprint density at radius 1 is 1.19 bits per heavy atom.